The van der Waals surface area contributed by atoms with Gasteiger partial charge in [0.1, 0.15) is 5.75 Å². The highest BCUT2D eigenvalue weighted by atomic mass is 16.5. The summed E-state index contributed by atoms with van der Waals surface area (Å²) in [6.45, 7) is 3.27. The number of nitrogens with two attached hydrogens (primary N) is 2. The molecule has 0 atom stereocenters. The lowest BCUT2D eigenvalue weighted by Gasteiger charge is -2.11. The topological polar surface area (TPSA) is 78.3 Å². The number of hydrogen-bond donors (Lipinski definition) is 2. The summed E-state index contributed by atoms with van der Waals surface area (Å²) in [5.41, 5.74) is 14.1. The summed E-state index contributed by atoms with van der Waals surface area (Å²) >= 11 is 0. The quantitative estimate of drug-likeness (QED) is 0.447. The summed E-state index contributed by atoms with van der Waals surface area (Å²) in [5.74, 6) is 0.114. The monoisotopic (exact) mass is 230 g/mol. The number of hydrogen-bond acceptors (Lipinski definition) is 4. The normalized spacial score (nSPS) is 10.5. The van der Waals surface area contributed by atoms with Crippen LogP contribution in [-0.2, 0) is 4.79 Å². The van der Waals surface area contributed by atoms with Crippen molar-refractivity contribution in [1.29, 1.82) is 0 Å². The molecule has 0 aliphatic carbocycles. The fraction of sp³-hybridized carbons (Fsp3) is 0.154. The van der Waals surface area contributed by atoms with Gasteiger partial charge in [0.2, 0.25) is 0 Å². The lowest BCUT2D eigenvalue weighted by molar-refractivity contribution is -0.131. The maximum Gasteiger partial charge on any atom is 0.308 e. The zero-order chi connectivity index (χ0) is 12.6. The molecule has 17 heavy (non-hydrogen) atoms. The zero-order valence-corrected chi connectivity index (χ0v) is 9.78. The second kappa shape index (κ2) is 3.97. The van der Waals surface area contributed by atoms with Crippen LogP contribution in [0.2, 0.25) is 0 Å². The molecule has 0 heterocycles. The number of nitrogen functional groups attached to an aromatic ring is 2. The molecule has 2 aromatic carbocycles. The van der Waals surface area contributed by atoms with Crippen LogP contribution in [0.4, 0.5) is 11.4 Å². The first kappa shape index (κ1) is 11.3. The molecule has 0 aliphatic heterocycles. The van der Waals surface area contributed by atoms with Gasteiger partial charge in [-0.1, -0.05) is 12.1 Å². The summed E-state index contributed by atoms with van der Waals surface area (Å²) < 4.78 is 5.13. The number of benzene rings is 2. The lowest BCUT2D eigenvalue weighted by atomic mass is 10.0. The number of rotatable bonds is 1. The fourth-order valence-corrected chi connectivity index (χ4v) is 1.82. The third-order valence-electron chi connectivity index (χ3n) is 2.69. The van der Waals surface area contributed by atoms with Crippen LogP contribution in [-0.4, -0.2) is 5.97 Å². The van der Waals surface area contributed by atoms with Crippen LogP contribution in [0.25, 0.3) is 10.8 Å². The molecule has 2 rings (SSSR count). The van der Waals surface area contributed by atoms with Crippen LogP contribution in [0.15, 0.2) is 24.3 Å². The Hall–Kier alpha value is -2.23. The molecule has 4 N–H and O–H groups in total. The Morgan fingerprint density at radius 1 is 1.18 bits per heavy atom. The average Bonchev–Trinajstić information content (AvgIpc) is 2.26. The minimum Gasteiger partial charge on any atom is -0.426 e. The number of anilines is 2. The molecule has 0 amide bonds. The van der Waals surface area contributed by atoms with Gasteiger partial charge in [-0.15, -0.1) is 0 Å². The van der Waals surface area contributed by atoms with Crippen LogP contribution < -0.4 is 16.2 Å². The maximum atomic E-state index is 11.0. The molecule has 2 aromatic rings. The van der Waals surface area contributed by atoms with Gasteiger partial charge in [0.15, 0.2) is 0 Å². The van der Waals surface area contributed by atoms with E-state index in [2.05, 4.69) is 0 Å². The summed E-state index contributed by atoms with van der Waals surface area (Å²) in [4.78, 5) is 11.0. The van der Waals surface area contributed by atoms with E-state index in [4.69, 9.17) is 16.2 Å². The van der Waals surface area contributed by atoms with E-state index in [0.717, 1.165) is 16.3 Å². The van der Waals surface area contributed by atoms with Crippen LogP contribution in [0, 0.1) is 6.92 Å². The van der Waals surface area contributed by atoms with Gasteiger partial charge in [-0.2, -0.15) is 0 Å². The molecular formula is C13H14N2O2. The highest BCUT2D eigenvalue weighted by Crippen LogP contribution is 2.35. The Labute approximate surface area is 99.2 Å². The summed E-state index contributed by atoms with van der Waals surface area (Å²) in [6.07, 6.45) is 0. The number of ether oxygens (including phenoxy) is 1. The minimum atomic E-state index is -0.366. The predicted octanol–water partition coefficient (Wildman–Crippen LogP) is 2.24. The van der Waals surface area contributed by atoms with Crippen molar-refractivity contribution in [3.05, 3.63) is 29.8 Å². The van der Waals surface area contributed by atoms with Crippen LogP contribution >= 0.6 is 0 Å². The number of carbonyl (C=O) groups excluding carboxylic acids is 1. The first-order valence-electron chi connectivity index (χ1n) is 5.26. The summed E-state index contributed by atoms with van der Waals surface area (Å²) in [6, 6.07) is 7.10. The van der Waals surface area contributed by atoms with Gasteiger partial charge in [0.05, 0.1) is 0 Å². The van der Waals surface area contributed by atoms with Gasteiger partial charge >= 0.3 is 5.97 Å². The van der Waals surface area contributed by atoms with E-state index in [0.29, 0.717) is 17.1 Å². The molecule has 0 radical (unpaired) electrons. The van der Waals surface area contributed by atoms with Crippen LogP contribution in [0.3, 0.4) is 0 Å². The third-order valence-corrected chi connectivity index (χ3v) is 2.69. The van der Waals surface area contributed by atoms with Crippen LogP contribution in [0.5, 0.6) is 5.75 Å². The lowest BCUT2D eigenvalue weighted by Crippen LogP contribution is -2.03. The van der Waals surface area contributed by atoms with Crippen molar-refractivity contribution in [1.82, 2.24) is 0 Å². The van der Waals surface area contributed by atoms with E-state index in [1.54, 1.807) is 12.1 Å². The average molecular weight is 230 g/mol. The highest BCUT2D eigenvalue weighted by Gasteiger charge is 2.10. The predicted molar refractivity (Wildman–Crippen MR) is 68.8 cm³/mol. The fourth-order valence-electron chi connectivity index (χ4n) is 1.82. The Balaban J connectivity index is 2.78. The van der Waals surface area contributed by atoms with Crippen molar-refractivity contribution in [3.63, 3.8) is 0 Å². The molecule has 0 spiro atoms. The molecule has 0 unspecified atom stereocenters. The molecule has 4 nitrogen and oxygen atoms in total. The first-order valence-corrected chi connectivity index (χ1v) is 5.26. The van der Waals surface area contributed by atoms with Gasteiger partial charge in [0, 0.05) is 29.1 Å². The molecule has 0 aliphatic rings. The van der Waals surface area contributed by atoms with E-state index in [1.807, 2.05) is 19.1 Å². The van der Waals surface area contributed by atoms with Crippen molar-refractivity contribution in [2.75, 3.05) is 11.5 Å². The van der Waals surface area contributed by atoms with E-state index in [-0.39, 0.29) is 5.97 Å². The maximum absolute atomic E-state index is 11.0. The van der Waals surface area contributed by atoms with Gasteiger partial charge in [-0.25, -0.2) is 0 Å². The summed E-state index contributed by atoms with van der Waals surface area (Å²) in [5, 5.41) is 1.49. The molecule has 0 bridgehead atoms. The molecular weight excluding hydrogens is 216 g/mol. The summed E-state index contributed by atoms with van der Waals surface area (Å²) in [7, 11) is 0. The SMILES string of the molecule is CC(=O)Oc1ccc(N)c2c(N)c(C)ccc12. The Morgan fingerprint density at radius 3 is 2.53 bits per heavy atom. The molecule has 0 saturated carbocycles. The Morgan fingerprint density at radius 2 is 1.88 bits per heavy atom. The first-order chi connectivity index (χ1) is 8.00. The number of carbonyl (C=O) groups is 1. The molecule has 0 saturated heterocycles. The Kier molecular flexibility index (Phi) is 2.63. The number of aryl methyl sites for hydroxylation is 1. The van der Waals surface area contributed by atoms with Crippen molar-refractivity contribution in [2.24, 2.45) is 0 Å². The standard InChI is InChI=1S/C13H14N2O2/c1-7-3-4-9-11(17-8(2)16)6-5-10(14)12(9)13(7)15/h3-6H,14-15H2,1-2H3. The van der Waals surface area contributed by atoms with Crippen molar-refractivity contribution in [2.45, 2.75) is 13.8 Å². The van der Waals surface area contributed by atoms with Crippen molar-refractivity contribution < 1.29 is 9.53 Å². The van der Waals surface area contributed by atoms with Gasteiger partial charge in [-0.3, -0.25) is 4.79 Å². The van der Waals surface area contributed by atoms with E-state index in [1.165, 1.54) is 6.92 Å². The van der Waals surface area contributed by atoms with Gasteiger partial charge < -0.3 is 16.2 Å². The molecule has 4 heteroatoms. The smallest absolute Gasteiger partial charge is 0.308 e. The van der Waals surface area contributed by atoms with Crippen molar-refractivity contribution >= 4 is 28.1 Å². The second-order valence-electron chi connectivity index (χ2n) is 3.97. The minimum absolute atomic E-state index is 0.366. The second-order valence-corrected chi connectivity index (χ2v) is 3.97. The van der Waals surface area contributed by atoms with E-state index >= 15 is 0 Å². The Bertz CT molecular complexity index is 606. The zero-order valence-electron chi connectivity index (χ0n) is 9.78. The number of esters is 1. The van der Waals surface area contributed by atoms with Crippen LogP contribution in [0.1, 0.15) is 12.5 Å². The van der Waals surface area contributed by atoms with Gasteiger partial charge in [-0.05, 0) is 24.6 Å². The third kappa shape index (κ3) is 1.89. The van der Waals surface area contributed by atoms with Gasteiger partial charge in [0.25, 0.3) is 0 Å². The molecule has 0 fully saturated rings. The van der Waals surface area contributed by atoms with Crippen molar-refractivity contribution in [3.8, 4) is 5.75 Å². The molecule has 88 valence electrons. The number of fused-ring (bicyclic) bond motifs is 1. The molecule has 0 aromatic heterocycles. The van der Waals surface area contributed by atoms with E-state index < -0.39 is 0 Å². The highest BCUT2D eigenvalue weighted by molar-refractivity contribution is 6.06. The largest absolute Gasteiger partial charge is 0.426 e. The van der Waals surface area contributed by atoms with E-state index in [9.17, 15) is 4.79 Å².